The highest BCUT2D eigenvalue weighted by atomic mass is 32.1. The van der Waals surface area contributed by atoms with Gasteiger partial charge in [-0.15, -0.1) is 0 Å². The van der Waals surface area contributed by atoms with Crippen molar-refractivity contribution in [2.24, 2.45) is 11.1 Å². The molecule has 0 radical (unpaired) electrons. The zero-order chi connectivity index (χ0) is 11.5. The normalized spacial score (nSPS) is 18.5. The molecule has 0 spiro atoms. The van der Waals surface area contributed by atoms with Crippen molar-refractivity contribution in [3.05, 3.63) is 0 Å². The van der Waals surface area contributed by atoms with E-state index < -0.39 is 5.41 Å². The first-order chi connectivity index (χ1) is 6.94. The molecule has 0 aliphatic carbocycles. The number of nitrogens with two attached hydrogens (primary N) is 1. The van der Waals surface area contributed by atoms with Crippen molar-refractivity contribution < 1.29 is 9.53 Å². The SMILES string of the molecule is CC(C)(C(=O)NN1CCOCC1)C(N)=S. The summed E-state index contributed by atoms with van der Waals surface area (Å²) in [7, 11) is 0. The molecule has 0 aromatic rings. The van der Waals surface area contributed by atoms with Crippen LogP contribution in [-0.4, -0.2) is 42.2 Å². The summed E-state index contributed by atoms with van der Waals surface area (Å²) < 4.78 is 5.17. The molecule has 3 N–H and O–H groups in total. The molecule has 0 bridgehead atoms. The van der Waals surface area contributed by atoms with E-state index in [-0.39, 0.29) is 10.9 Å². The van der Waals surface area contributed by atoms with Crippen LogP contribution in [-0.2, 0) is 9.53 Å². The summed E-state index contributed by atoms with van der Waals surface area (Å²) in [5.74, 6) is -0.170. The van der Waals surface area contributed by atoms with E-state index in [1.54, 1.807) is 13.8 Å². The molecule has 15 heavy (non-hydrogen) atoms. The minimum Gasteiger partial charge on any atom is -0.392 e. The number of ether oxygens (including phenoxy) is 1. The smallest absolute Gasteiger partial charge is 0.246 e. The molecule has 1 aliphatic heterocycles. The van der Waals surface area contributed by atoms with Crippen LogP contribution in [0.5, 0.6) is 0 Å². The number of hydrogen-bond donors (Lipinski definition) is 2. The monoisotopic (exact) mass is 231 g/mol. The van der Waals surface area contributed by atoms with Crippen LogP contribution in [0.1, 0.15) is 13.8 Å². The van der Waals surface area contributed by atoms with E-state index in [2.05, 4.69) is 5.43 Å². The maximum atomic E-state index is 11.8. The molecule has 0 aromatic heterocycles. The molecule has 1 heterocycles. The first kappa shape index (κ1) is 12.4. The molecule has 0 saturated carbocycles. The van der Waals surface area contributed by atoms with Crippen LogP contribution in [0, 0.1) is 5.41 Å². The van der Waals surface area contributed by atoms with E-state index in [1.807, 2.05) is 5.01 Å². The topological polar surface area (TPSA) is 67.6 Å². The Labute approximate surface area is 94.9 Å². The van der Waals surface area contributed by atoms with E-state index in [0.29, 0.717) is 26.3 Å². The Bertz CT molecular complexity index is 262. The fraction of sp³-hybridized carbons (Fsp3) is 0.778. The Morgan fingerprint density at radius 1 is 1.47 bits per heavy atom. The third-order valence-electron chi connectivity index (χ3n) is 2.45. The van der Waals surface area contributed by atoms with E-state index in [1.165, 1.54) is 0 Å². The number of morpholine rings is 1. The number of thiocarbonyl (C=S) groups is 1. The van der Waals surface area contributed by atoms with Crippen LogP contribution in [0.3, 0.4) is 0 Å². The molecule has 1 rings (SSSR count). The molecule has 5 nitrogen and oxygen atoms in total. The number of amides is 1. The highest BCUT2D eigenvalue weighted by Gasteiger charge is 2.32. The van der Waals surface area contributed by atoms with Crippen LogP contribution in [0.25, 0.3) is 0 Å². The van der Waals surface area contributed by atoms with Gasteiger partial charge in [-0.25, -0.2) is 5.01 Å². The summed E-state index contributed by atoms with van der Waals surface area (Å²) in [4.78, 5) is 12.0. The summed E-state index contributed by atoms with van der Waals surface area (Å²) in [5.41, 5.74) is 7.48. The molecular weight excluding hydrogens is 214 g/mol. The second-order valence-electron chi connectivity index (χ2n) is 4.03. The number of nitrogens with one attached hydrogen (secondary N) is 1. The number of carbonyl (C=O) groups is 1. The predicted octanol–water partition coefficient (Wildman–Crippen LogP) is -0.338. The van der Waals surface area contributed by atoms with Gasteiger partial charge in [-0.3, -0.25) is 10.2 Å². The van der Waals surface area contributed by atoms with Crippen molar-refractivity contribution in [2.75, 3.05) is 26.3 Å². The average molecular weight is 231 g/mol. The Hall–Kier alpha value is -0.720. The molecule has 0 unspecified atom stereocenters. The van der Waals surface area contributed by atoms with Gasteiger partial charge >= 0.3 is 0 Å². The first-order valence-corrected chi connectivity index (χ1v) is 5.29. The number of rotatable bonds is 3. The Balaban J connectivity index is 2.50. The standard InChI is InChI=1S/C9H17N3O2S/c1-9(2,7(10)15)8(13)11-12-3-5-14-6-4-12/h3-6H2,1-2H3,(H2,10,15)(H,11,13). The summed E-state index contributed by atoms with van der Waals surface area (Å²) in [6.45, 7) is 6.08. The van der Waals surface area contributed by atoms with Crippen LogP contribution < -0.4 is 11.2 Å². The molecule has 86 valence electrons. The van der Waals surface area contributed by atoms with Gasteiger partial charge in [0.05, 0.1) is 23.6 Å². The summed E-state index contributed by atoms with van der Waals surface area (Å²) in [6.07, 6.45) is 0. The highest BCUT2D eigenvalue weighted by Crippen LogP contribution is 2.15. The highest BCUT2D eigenvalue weighted by molar-refractivity contribution is 7.80. The van der Waals surface area contributed by atoms with Crippen LogP contribution >= 0.6 is 12.2 Å². The van der Waals surface area contributed by atoms with Crippen molar-refractivity contribution in [2.45, 2.75) is 13.8 Å². The van der Waals surface area contributed by atoms with Gasteiger partial charge in [0, 0.05) is 13.1 Å². The van der Waals surface area contributed by atoms with Gasteiger partial charge in [0.2, 0.25) is 5.91 Å². The van der Waals surface area contributed by atoms with Crippen LogP contribution in [0.2, 0.25) is 0 Å². The minimum absolute atomic E-state index is 0.170. The third kappa shape index (κ3) is 3.12. The number of nitrogens with zero attached hydrogens (tertiary/aromatic N) is 1. The molecule has 0 atom stereocenters. The Kier molecular flexibility index (Phi) is 4.01. The Morgan fingerprint density at radius 3 is 2.47 bits per heavy atom. The van der Waals surface area contributed by atoms with Crippen molar-refractivity contribution in [1.29, 1.82) is 0 Å². The summed E-state index contributed by atoms with van der Waals surface area (Å²) in [6, 6.07) is 0. The fourth-order valence-corrected chi connectivity index (χ4v) is 1.16. The predicted molar refractivity (Wildman–Crippen MR) is 61.1 cm³/mol. The number of carbonyl (C=O) groups excluding carboxylic acids is 1. The zero-order valence-corrected chi connectivity index (χ0v) is 9.89. The largest absolute Gasteiger partial charge is 0.392 e. The van der Waals surface area contributed by atoms with Gasteiger partial charge in [0.1, 0.15) is 0 Å². The zero-order valence-electron chi connectivity index (χ0n) is 9.08. The fourth-order valence-electron chi connectivity index (χ4n) is 1.07. The molecule has 1 amide bonds. The van der Waals surface area contributed by atoms with Crippen LogP contribution in [0.4, 0.5) is 0 Å². The van der Waals surface area contributed by atoms with Gasteiger partial charge in [-0.05, 0) is 13.8 Å². The van der Waals surface area contributed by atoms with Crippen molar-refractivity contribution in [1.82, 2.24) is 10.4 Å². The quantitative estimate of drug-likeness (QED) is 0.651. The second-order valence-corrected chi connectivity index (χ2v) is 4.47. The Morgan fingerprint density at radius 2 is 2.00 bits per heavy atom. The van der Waals surface area contributed by atoms with E-state index >= 15 is 0 Å². The van der Waals surface area contributed by atoms with E-state index in [4.69, 9.17) is 22.7 Å². The van der Waals surface area contributed by atoms with Crippen LogP contribution in [0.15, 0.2) is 0 Å². The molecule has 1 saturated heterocycles. The maximum Gasteiger partial charge on any atom is 0.246 e. The van der Waals surface area contributed by atoms with Gasteiger partial charge in [0.25, 0.3) is 0 Å². The minimum atomic E-state index is -0.812. The summed E-state index contributed by atoms with van der Waals surface area (Å²) >= 11 is 4.85. The molecule has 6 heteroatoms. The van der Waals surface area contributed by atoms with Gasteiger partial charge < -0.3 is 10.5 Å². The lowest BCUT2D eigenvalue weighted by molar-refractivity contribution is -0.133. The lowest BCUT2D eigenvalue weighted by atomic mass is 9.93. The molecule has 0 aromatic carbocycles. The molecule has 1 fully saturated rings. The maximum absolute atomic E-state index is 11.8. The summed E-state index contributed by atoms with van der Waals surface area (Å²) in [5, 5.41) is 1.83. The van der Waals surface area contributed by atoms with E-state index in [0.717, 1.165) is 0 Å². The number of hydrogen-bond acceptors (Lipinski definition) is 4. The van der Waals surface area contributed by atoms with Gasteiger partial charge in [-0.2, -0.15) is 0 Å². The first-order valence-electron chi connectivity index (χ1n) is 4.88. The molecular formula is C9H17N3O2S. The lowest BCUT2D eigenvalue weighted by Crippen LogP contribution is -2.54. The van der Waals surface area contributed by atoms with Gasteiger partial charge in [-0.1, -0.05) is 12.2 Å². The lowest BCUT2D eigenvalue weighted by Gasteiger charge is -2.31. The van der Waals surface area contributed by atoms with Gasteiger partial charge in [0.15, 0.2) is 0 Å². The number of hydrazine groups is 1. The second kappa shape index (κ2) is 4.87. The van der Waals surface area contributed by atoms with Crippen molar-refractivity contribution in [3.63, 3.8) is 0 Å². The van der Waals surface area contributed by atoms with Crippen molar-refractivity contribution in [3.8, 4) is 0 Å². The third-order valence-corrected chi connectivity index (χ3v) is 2.96. The molecule has 1 aliphatic rings. The average Bonchev–Trinajstić information content (AvgIpc) is 2.18. The van der Waals surface area contributed by atoms with E-state index in [9.17, 15) is 4.79 Å². The van der Waals surface area contributed by atoms with Crippen molar-refractivity contribution >= 4 is 23.1 Å².